The Labute approximate surface area is 232 Å². The molecule has 212 valence electrons. The number of aliphatic hydroxyl groups is 1. The molecule has 0 bridgehead atoms. The van der Waals surface area contributed by atoms with Gasteiger partial charge in [-0.15, -0.1) is 0 Å². The van der Waals surface area contributed by atoms with Crippen LogP contribution < -0.4 is 0 Å². The Morgan fingerprint density at radius 3 is 2.26 bits per heavy atom. The average Bonchev–Trinajstić information content (AvgIpc) is 2.82. The maximum absolute atomic E-state index is 14.4. The largest absolute Gasteiger partial charge is 0.507 e. The number of aryl methyl sites for hydroxylation is 1. The number of phenols is 1. The Morgan fingerprint density at radius 2 is 1.72 bits per heavy atom. The molecular weight excluding hydrogens is 492 g/mol. The van der Waals surface area contributed by atoms with Crippen LogP contribution in [0.4, 0.5) is 0 Å². The van der Waals surface area contributed by atoms with Gasteiger partial charge in [-0.05, 0) is 79.9 Å². The van der Waals surface area contributed by atoms with Crippen LogP contribution in [-0.2, 0) is 27.2 Å². The van der Waals surface area contributed by atoms with Gasteiger partial charge in [0.25, 0.3) is 0 Å². The molecule has 0 saturated heterocycles. The first-order valence-corrected chi connectivity index (χ1v) is 14.5. The number of hydrogen-bond donors (Lipinski definition) is 2. The SMILES string of the molecule is CCC(CC)CCc1ccc(O)c2c1C[C@@]1(C)C[C@@]3(C)[C@H](C(C)C)C(C)=C(C(C)=O)C(=O)[C@@]3(O)C(=O)C1C2=O. The van der Waals surface area contributed by atoms with Gasteiger partial charge in [-0.25, -0.2) is 0 Å². The lowest BCUT2D eigenvalue weighted by molar-refractivity contribution is -0.192. The van der Waals surface area contributed by atoms with E-state index in [1.165, 1.54) is 13.0 Å². The van der Waals surface area contributed by atoms with E-state index in [0.29, 0.717) is 17.9 Å². The van der Waals surface area contributed by atoms with Gasteiger partial charge in [0.05, 0.1) is 17.1 Å². The van der Waals surface area contributed by atoms with Crippen molar-refractivity contribution in [3.63, 3.8) is 0 Å². The summed E-state index contributed by atoms with van der Waals surface area (Å²) in [6.45, 7) is 15.0. The zero-order valence-electron chi connectivity index (χ0n) is 24.7. The number of phenolic OH excluding ortho intramolecular Hbond substituents is 1. The van der Waals surface area contributed by atoms with E-state index in [2.05, 4.69) is 13.8 Å². The molecule has 0 amide bonds. The van der Waals surface area contributed by atoms with Crippen molar-refractivity contribution in [2.24, 2.45) is 34.5 Å². The van der Waals surface area contributed by atoms with Crippen molar-refractivity contribution in [1.29, 1.82) is 0 Å². The summed E-state index contributed by atoms with van der Waals surface area (Å²) < 4.78 is 0. The Balaban J connectivity index is 1.91. The molecule has 0 aliphatic heterocycles. The maximum Gasteiger partial charge on any atom is 0.206 e. The first kappa shape index (κ1) is 29.4. The molecule has 6 nitrogen and oxygen atoms in total. The predicted octanol–water partition coefficient (Wildman–Crippen LogP) is 5.59. The van der Waals surface area contributed by atoms with E-state index in [1.54, 1.807) is 13.8 Å². The Kier molecular flexibility index (Phi) is 7.38. The topological polar surface area (TPSA) is 109 Å². The fourth-order valence-corrected chi connectivity index (χ4v) is 8.84. The standard InChI is InChI=1S/C33H44O6/c1-9-20(10-2)11-12-21-13-14-23(35)25-22(21)15-31(7)16-32(8)26(17(3)4)18(5)24(19(6)34)29(37)33(32,39)30(38)27(31)28(25)36/h13-14,17,20,26-27,35,39H,9-12,15-16H2,1-8H3/t26-,27?,31+,32+,33-/m1/s1. The quantitative estimate of drug-likeness (QED) is 0.347. The molecule has 1 aromatic rings. The van der Waals surface area contributed by atoms with Crippen LogP contribution in [0.25, 0.3) is 0 Å². The summed E-state index contributed by atoms with van der Waals surface area (Å²) in [5, 5.41) is 23.0. The number of rotatable bonds is 7. The molecule has 1 aromatic carbocycles. The number of benzene rings is 1. The van der Waals surface area contributed by atoms with Crippen molar-refractivity contribution in [3.05, 3.63) is 40.0 Å². The van der Waals surface area contributed by atoms with Crippen molar-refractivity contribution in [3.8, 4) is 5.75 Å². The van der Waals surface area contributed by atoms with Crippen LogP contribution >= 0.6 is 0 Å². The van der Waals surface area contributed by atoms with E-state index in [4.69, 9.17) is 0 Å². The van der Waals surface area contributed by atoms with Crippen LogP contribution in [0, 0.1) is 34.5 Å². The minimum atomic E-state index is -2.50. The second-order valence-corrected chi connectivity index (χ2v) is 13.3. The summed E-state index contributed by atoms with van der Waals surface area (Å²) in [6.07, 6.45) is 4.54. The highest BCUT2D eigenvalue weighted by molar-refractivity contribution is 6.33. The average molecular weight is 537 g/mol. The van der Waals surface area contributed by atoms with E-state index in [9.17, 15) is 29.4 Å². The number of fused-ring (bicyclic) bond motifs is 3. The van der Waals surface area contributed by atoms with Gasteiger partial charge in [-0.3, -0.25) is 19.2 Å². The maximum atomic E-state index is 14.4. The molecule has 6 heteroatoms. The highest BCUT2D eigenvalue weighted by Crippen LogP contribution is 2.64. The third-order valence-corrected chi connectivity index (χ3v) is 10.5. The lowest BCUT2D eigenvalue weighted by Gasteiger charge is -2.62. The second kappa shape index (κ2) is 9.79. The molecule has 5 atom stereocenters. The van der Waals surface area contributed by atoms with Crippen LogP contribution in [-0.4, -0.2) is 38.9 Å². The first-order valence-electron chi connectivity index (χ1n) is 14.5. The van der Waals surface area contributed by atoms with Gasteiger partial charge in [0.1, 0.15) is 5.75 Å². The molecule has 1 saturated carbocycles. The van der Waals surface area contributed by atoms with Crippen molar-refractivity contribution in [1.82, 2.24) is 0 Å². The van der Waals surface area contributed by atoms with Gasteiger partial charge in [0.2, 0.25) is 5.78 Å². The third-order valence-electron chi connectivity index (χ3n) is 10.5. The molecule has 39 heavy (non-hydrogen) atoms. The first-order chi connectivity index (χ1) is 18.1. The van der Waals surface area contributed by atoms with Gasteiger partial charge in [-0.2, -0.15) is 0 Å². The molecule has 0 radical (unpaired) electrons. The zero-order valence-corrected chi connectivity index (χ0v) is 24.7. The number of Topliss-reactive ketones (excluding diaryl/α,β-unsaturated/α-hetero) is 4. The monoisotopic (exact) mass is 536 g/mol. The van der Waals surface area contributed by atoms with Crippen LogP contribution in [0.2, 0.25) is 0 Å². The van der Waals surface area contributed by atoms with E-state index < -0.39 is 51.4 Å². The predicted molar refractivity (Wildman–Crippen MR) is 150 cm³/mol. The fraction of sp³-hybridized carbons (Fsp3) is 0.636. The van der Waals surface area contributed by atoms with Gasteiger partial charge in [0, 0.05) is 5.41 Å². The number of carbonyl (C=O) groups is 4. The molecule has 0 aromatic heterocycles. The summed E-state index contributed by atoms with van der Waals surface area (Å²) in [6, 6.07) is 3.41. The molecule has 2 N–H and O–H groups in total. The Bertz CT molecular complexity index is 1280. The van der Waals surface area contributed by atoms with Crippen molar-refractivity contribution < 1.29 is 29.4 Å². The van der Waals surface area contributed by atoms with Crippen molar-refractivity contribution >= 4 is 23.1 Å². The number of aromatic hydroxyl groups is 1. The molecular formula is C33H44O6. The highest BCUT2D eigenvalue weighted by atomic mass is 16.3. The summed E-state index contributed by atoms with van der Waals surface area (Å²) in [4.78, 5) is 55.0. The van der Waals surface area contributed by atoms with E-state index >= 15 is 0 Å². The minimum Gasteiger partial charge on any atom is -0.507 e. The van der Waals surface area contributed by atoms with Crippen LogP contribution in [0.5, 0.6) is 5.75 Å². The van der Waals surface area contributed by atoms with Crippen LogP contribution in [0.1, 0.15) is 103 Å². The van der Waals surface area contributed by atoms with Crippen molar-refractivity contribution in [2.75, 3.05) is 0 Å². The summed E-state index contributed by atoms with van der Waals surface area (Å²) in [5.74, 6) is -4.12. The molecule has 0 heterocycles. The smallest absolute Gasteiger partial charge is 0.206 e. The summed E-state index contributed by atoms with van der Waals surface area (Å²) in [7, 11) is 0. The normalized spacial score (nSPS) is 32.4. The highest BCUT2D eigenvalue weighted by Gasteiger charge is 2.73. The van der Waals surface area contributed by atoms with E-state index in [-0.39, 0.29) is 29.2 Å². The van der Waals surface area contributed by atoms with E-state index in [1.807, 2.05) is 26.8 Å². The Hall–Kier alpha value is -2.60. The summed E-state index contributed by atoms with van der Waals surface area (Å²) in [5.41, 5.74) is -2.14. The summed E-state index contributed by atoms with van der Waals surface area (Å²) >= 11 is 0. The molecule has 1 unspecified atom stereocenters. The molecule has 3 aliphatic rings. The lowest BCUT2D eigenvalue weighted by atomic mass is 9.40. The van der Waals surface area contributed by atoms with Crippen molar-refractivity contribution in [2.45, 2.75) is 99.5 Å². The van der Waals surface area contributed by atoms with Gasteiger partial charge >= 0.3 is 0 Å². The third kappa shape index (κ3) is 4.00. The lowest BCUT2D eigenvalue weighted by Crippen LogP contribution is -2.73. The zero-order chi connectivity index (χ0) is 29.2. The fourth-order valence-electron chi connectivity index (χ4n) is 8.84. The van der Waals surface area contributed by atoms with Gasteiger partial charge in [0.15, 0.2) is 23.0 Å². The van der Waals surface area contributed by atoms with Crippen LogP contribution in [0.3, 0.4) is 0 Å². The minimum absolute atomic E-state index is 0.0665. The van der Waals surface area contributed by atoms with Gasteiger partial charge < -0.3 is 10.2 Å². The Morgan fingerprint density at radius 1 is 1.10 bits per heavy atom. The van der Waals surface area contributed by atoms with Crippen LogP contribution in [0.15, 0.2) is 23.3 Å². The van der Waals surface area contributed by atoms with E-state index in [0.717, 1.165) is 36.8 Å². The molecule has 1 fully saturated rings. The van der Waals surface area contributed by atoms with Gasteiger partial charge in [-0.1, -0.05) is 66.0 Å². The number of allylic oxidation sites excluding steroid dienone is 1. The number of ketones is 4. The molecule has 0 spiro atoms. The molecule has 3 aliphatic carbocycles. The number of carbonyl (C=O) groups excluding carboxylic acids is 4. The second-order valence-electron chi connectivity index (χ2n) is 13.3. The molecule has 4 rings (SSSR count). The number of hydrogen-bond acceptors (Lipinski definition) is 6.